The zero-order valence-electron chi connectivity index (χ0n) is 13.1. The molecule has 2 N–H and O–H groups in total. The third-order valence-corrected chi connectivity index (χ3v) is 3.75. The van der Waals surface area contributed by atoms with Crippen molar-refractivity contribution in [2.75, 3.05) is 19.6 Å². The summed E-state index contributed by atoms with van der Waals surface area (Å²) in [6, 6.07) is -0.599. The average molecular weight is 299 g/mol. The summed E-state index contributed by atoms with van der Waals surface area (Å²) in [7, 11) is 0. The van der Waals surface area contributed by atoms with Gasteiger partial charge in [-0.05, 0) is 34.1 Å². The zero-order chi connectivity index (χ0) is 16.2. The average Bonchev–Trinajstić information content (AvgIpc) is 2.76. The van der Waals surface area contributed by atoms with Gasteiger partial charge in [-0.1, -0.05) is 0 Å². The molecule has 0 spiro atoms. The van der Waals surface area contributed by atoms with Crippen molar-refractivity contribution in [2.45, 2.75) is 46.2 Å². The molecular formula is C14H25N3O4. The monoisotopic (exact) mass is 299 g/mol. The number of carboxylic acid groups (broad SMARTS) is 1. The van der Waals surface area contributed by atoms with E-state index in [9.17, 15) is 14.4 Å². The van der Waals surface area contributed by atoms with Crippen LogP contribution in [0.3, 0.4) is 0 Å². The standard InChI is InChI=1S/C14H25N3O4/c1-5-16(8-12(18)15-9(2)3)14(21)17-7-6-11(10(17)4)13(19)20/h9-11H,5-8H2,1-4H3,(H,15,18)(H,19,20). The fourth-order valence-corrected chi connectivity index (χ4v) is 2.58. The van der Waals surface area contributed by atoms with Crippen LogP contribution in [0.4, 0.5) is 4.79 Å². The number of likely N-dealkylation sites (N-methyl/N-ethyl adjacent to an activating group) is 1. The number of hydrogen-bond donors (Lipinski definition) is 2. The number of aliphatic carboxylic acids is 1. The Labute approximate surface area is 125 Å². The maximum Gasteiger partial charge on any atom is 0.320 e. The molecule has 1 aliphatic heterocycles. The Bertz CT molecular complexity index is 411. The lowest BCUT2D eigenvalue weighted by molar-refractivity contribution is -0.142. The Morgan fingerprint density at radius 1 is 1.38 bits per heavy atom. The van der Waals surface area contributed by atoms with E-state index in [1.54, 1.807) is 18.7 Å². The Morgan fingerprint density at radius 2 is 2.00 bits per heavy atom. The number of amides is 3. The van der Waals surface area contributed by atoms with Crippen LogP contribution in [-0.2, 0) is 9.59 Å². The molecular weight excluding hydrogens is 274 g/mol. The van der Waals surface area contributed by atoms with E-state index in [1.165, 1.54) is 4.90 Å². The van der Waals surface area contributed by atoms with Gasteiger partial charge in [0, 0.05) is 25.2 Å². The number of nitrogens with one attached hydrogen (secondary N) is 1. The van der Waals surface area contributed by atoms with E-state index in [-0.39, 0.29) is 30.6 Å². The highest BCUT2D eigenvalue weighted by molar-refractivity contribution is 5.85. The SMILES string of the molecule is CCN(CC(=O)NC(C)C)C(=O)N1CCC(C(=O)O)C1C. The third-order valence-electron chi connectivity index (χ3n) is 3.75. The summed E-state index contributed by atoms with van der Waals surface area (Å²) in [5.74, 6) is -1.61. The van der Waals surface area contributed by atoms with E-state index in [4.69, 9.17) is 5.11 Å². The maximum atomic E-state index is 12.5. The first-order valence-electron chi connectivity index (χ1n) is 7.35. The first-order valence-corrected chi connectivity index (χ1v) is 7.35. The molecule has 0 aromatic carbocycles. The first kappa shape index (κ1) is 17.3. The summed E-state index contributed by atoms with van der Waals surface area (Å²) in [5, 5.41) is 11.9. The second-order valence-electron chi connectivity index (χ2n) is 5.69. The van der Waals surface area contributed by atoms with E-state index >= 15 is 0 Å². The van der Waals surface area contributed by atoms with Gasteiger partial charge >= 0.3 is 12.0 Å². The quantitative estimate of drug-likeness (QED) is 0.784. The number of likely N-dealkylation sites (tertiary alicyclic amines) is 1. The van der Waals surface area contributed by atoms with Crippen molar-refractivity contribution in [1.82, 2.24) is 15.1 Å². The number of nitrogens with zero attached hydrogens (tertiary/aromatic N) is 2. The predicted octanol–water partition coefficient (Wildman–Crippen LogP) is 0.748. The van der Waals surface area contributed by atoms with Gasteiger partial charge in [-0.15, -0.1) is 0 Å². The van der Waals surface area contributed by atoms with Gasteiger partial charge in [0.1, 0.15) is 6.54 Å². The molecule has 0 bridgehead atoms. The molecule has 1 heterocycles. The fourth-order valence-electron chi connectivity index (χ4n) is 2.58. The van der Waals surface area contributed by atoms with E-state index < -0.39 is 11.9 Å². The minimum Gasteiger partial charge on any atom is -0.481 e. The van der Waals surface area contributed by atoms with Crippen LogP contribution in [0, 0.1) is 5.92 Å². The van der Waals surface area contributed by atoms with Crippen LogP contribution in [0.15, 0.2) is 0 Å². The molecule has 7 nitrogen and oxygen atoms in total. The molecule has 0 aliphatic carbocycles. The van der Waals surface area contributed by atoms with Crippen molar-refractivity contribution in [2.24, 2.45) is 5.92 Å². The van der Waals surface area contributed by atoms with Crippen LogP contribution >= 0.6 is 0 Å². The third kappa shape index (κ3) is 4.34. The molecule has 0 aromatic rings. The van der Waals surface area contributed by atoms with Gasteiger partial charge in [-0.3, -0.25) is 9.59 Å². The molecule has 3 amide bonds. The summed E-state index contributed by atoms with van der Waals surface area (Å²) < 4.78 is 0. The van der Waals surface area contributed by atoms with E-state index in [0.29, 0.717) is 19.5 Å². The van der Waals surface area contributed by atoms with Crippen LogP contribution < -0.4 is 5.32 Å². The summed E-state index contributed by atoms with van der Waals surface area (Å²) in [6.07, 6.45) is 0.456. The molecule has 2 atom stereocenters. The smallest absolute Gasteiger partial charge is 0.320 e. The van der Waals surface area contributed by atoms with Gasteiger partial charge in [-0.2, -0.15) is 0 Å². The number of hydrogen-bond acceptors (Lipinski definition) is 3. The number of carbonyl (C=O) groups is 3. The normalized spacial score (nSPS) is 21.5. The van der Waals surface area contributed by atoms with Crippen molar-refractivity contribution >= 4 is 17.9 Å². The predicted molar refractivity (Wildman–Crippen MR) is 77.8 cm³/mol. The Balaban J connectivity index is 2.67. The first-order chi connectivity index (χ1) is 9.77. The summed E-state index contributed by atoms with van der Waals surface area (Å²) in [5.41, 5.74) is 0. The van der Waals surface area contributed by atoms with Gasteiger partial charge in [0.05, 0.1) is 5.92 Å². The summed E-state index contributed by atoms with van der Waals surface area (Å²) in [4.78, 5) is 38.3. The lowest BCUT2D eigenvalue weighted by atomic mass is 10.0. The second-order valence-corrected chi connectivity index (χ2v) is 5.69. The fraction of sp³-hybridized carbons (Fsp3) is 0.786. The molecule has 1 saturated heterocycles. The molecule has 21 heavy (non-hydrogen) atoms. The lowest BCUT2D eigenvalue weighted by Crippen LogP contribution is -2.49. The molecule has 0 saturated carbocycles. The zero-order valence-corrected chi connectivity index (χ0v) is 13.1. The van der Waals surface area contributed by atoms with Crippen molar-refractivity contribution < 1.29 is 19.5 Å². The van der Waals surface area contributed by atoms with Crippen molar-refractivity contribution in [3.63, 3.8) is 0 Å². The van der Waals surface area contributed by atoms with Crippen LogP contribution in [0.25, 0.3) is 0 Å². The van der Waals surface area contributed by atoms with Crippen LogP contribution in [-0.4, -0.2) is 64.5 Å². The van der Waals surface area contributed by atoms with Crippen molar-refractivity contribution in [3.8, 4) is 0 Å². The van der Waals surface area contributed by atoms with Gasteiger partial charge in [-0.25, -0.2) is 4.79 Å². The molecule has 2 unspecified atom stereocenters. The van der Waals surface area contributed by atoms with E-state index in [2.05, 4.69) is 5.32 Å². The van der Waals surface area contributed by atoms with E-state index in [1.807, 2.05) is 13.8 Å². The van der Waals surface area contributed by atoms with Crippen molar-refractivity contribution in [3.05, 3.63) is 0 Å². The highest BCUT2D eigenvalue weighted by atomic mass is 16.4. The summed E-state index contributed by atoms with van der Waals surface area (Å²) >= 11 is 0. The topological polar surface area (TPSA) is 90.0 Å². The lowest BCUT2D eigenvalue weighted by Gasteiger charge is -2.30. The number of urea groups is 1. The molecule has 1 rings (SSSR count). The van der Waals surface area contributed by atoms with Gasteiger partial charge < -0.3 is 20.2 Å². The molecule has 7 heteroatoms. The van der Waals surface area contributed by atoms with Crippen LogP contribution in [0.5, 0.6) is 0 Å². The van der Waals surface area contributed by atoms with Gasteiger partial charge in [0.25, 0.3) is 0 Å². The largest absolute Gasteiger partial charge is 0.481 e. The maximum absolute atomic E-state index is 12.5. The highest BCUT2D eigenvalue weighted by Crippen LogP contribution is 2.25. The minimum absolute atomic E-state index is 0.00548. The van der Waals surface area contributed by atoms with Crippen LogP contribution in [0.2, 0.25) is 0 Å². The highest BCUT2D eigenvalue weighted by Gasteiger charge is 2.39. The van der Waals surface area contributed by atoms with Gasteiger partial charge in [0.15, 0.2) is 0 Å². The Morgan fingerprint density at radius 3 is 2.43 bits per heavy atom. The van der Waals surface area contributed by atoms with E-state index in [0.717, 1.165) is 0 Å². The molecule has 0 aromatic heterocycles. The second kappa shape index (κ2) is 7.28. The molecule has 1 fully saturated rings. The molecule has 1 aliphatic rings. The molecule has 120 valence electrons. The van der Waals surface area contributed by atoms with Gasteiger partial charge in [0.2, 0.25) is 5.91 Å². The Hall–Kier alpha value is -1.79. The Kier molecular flexibility index (Phi) is 5.99. The summed E-state index contributed by atoms with van der Waals surface area (Å²) in [6.45, 7) is 8.08. The number of rotatable bonds is 5. The number of carbonyl (C=O) groups excluding carboxylic acids is 2. The van der Waals surface area contributed by atoms with Crippen molar-refractivity contribution in [1.29, 1.82) is 0 Å². The molecule has 0 radical (unpaired) electrons. The number of carboxylic acids is 1. The minimum atomic E-state index is -0.876. The van der Waals surface area contributed by atoms with Crippen LogP contribution in [0.1, 0.15) is 34.1 Å².